The number of rotatable bonds is 9. The summed E-state index contributed by atoms with van der Waals surface area (Å²) in [6.07, 6.45) is 0. The molecule has 0 amide bonds. The number of benzene rings is 2. The lowest BCUT2D eigenvalue weighted by atomic mass is 9.96. The second-order valence-corrected chi connectivity index (χ2v) is 6.72. The molecule has 3 N–H and O–H groups in total. The molecule has 7 heteroatoms. The minimum Gasteiger partial charge on any atom is -0.493 e. The summed E-state index contributed by atoms with van der Waals surface area (Å²) in [6, 6.07) is 13.3. The lowest BCUT2D eigenvalue weighted by Gasteiger charge is -2.25. The van der Waals surface area contributed by atoms with Gasteiger partial charge >= 0.3 is 0 Å². The van der Waals surface area contributed by atoms with Crippen LogP contribution in [0.4, 0.5) is 0 Å². The van der Waals surface area contributed by atoms with Gasteiger partial charge in [-0.3, -0.25) is 0 Å². The zero-order valence-corrected chi connectivity index (χ0v) is 17.8. The second kappa shape index (κ2) is 10.6. The fraction of sp³-hybridized carbons (Fsp3) is 0.409. The molecule has 0 spiro atoms. The Kier molecular flexibility index (Phi) is 8.15. The molecule has 0 radical (unpaired) electrons. The highest BCUT2D eigenvalue weighted by Crippen LogP contribution is 2.38. The van der Waals surface area contributed by atoms with Crippen LogP contribution in [0.2, 0.25) is 0 Å². The largest absolute Gasteiger partial charge is 0.493 e. The standard InChI is InChI=1S/C22H31N3O4/c1-6-23-21(25-15-22(2,26)17-10-8-7-9-11-17)24-14-16-12-18(27-3)20(29-5)19(13-16)28-4/h7-13,26H,6,14-15H2,1-5H3,(H2,23,24,25). The molecule has 2 aromatic rings. The zero-order chi connectivity index (χ0) is 21.3. The number of hydrogen-bond acceptors (Lipinski definition) is 5. The first-order chi connectivity index (χ1) is 13.9. The number of hydrogen-bond donors (Lipinski definition) is 3. The SMILES string of the molecule is CCNC(=NCc1cc(OC)c(OC)c(OC)c1)NCC(C)(O)c1ccccc1. The summed E-state index contributed by atoms with van der Waals surface area (Å²) in [5.74, 6) is 2.33. The minimum atomic E-state index is -1.02. The monoisotopic (exact) mass is 401 g/mol. The molecule has 0 heterocycles. The number of aliphatic imine (C=N–C) groups is 1. The van der Waals surface area contributed by atoms with Gasteiger partial charge in [0.25, 0.3) is 0 Å². The Balaban J connectivity index is 2.15. The van der Waals surface area contributed by atoms with Crippen LogP contribution < -0.4 is 24.8 Å². The third-order valence-electron chi connectivity index (χ3n) is 4.48. The van der Waals surface area contributed by atoms with E-state index in [9.17, 15) is 5.11 Å². The van der Waals surface area contributed by atoms with Gasteiger partial charge in [0.2, 0.25) is 5.75 Å². The summed E-state index contributed by atoms with van der Waals surface area (Å²) in [4.78, 5) is 4.62. The van der Waals surface area contributed by atoms with Crippen LogP contribution in [-0.2, 0) is 12.1 Å². The Morgan fingerprint density at radius 2 is 1.62 bits per heavy atom. The third kappa shape index (κ3) is 6.02. The van der Waals surface area contributed by atoms with E-state index in [1.807, 2.05) is 49.4 Å². The highest BCUT2D eigenvalue weighted by Gasteiger charge is 2.23. The lowest BCUT2D eigenvalue weighted by Crippen LogP contribution is -2.44. The number of methoxy groups -OCH3 is 3. The summed E-state index contributed by atoms with van der Waals surface area (Å²) in [6.45, 7) is 5.19. The molecule has 0 fully saturated rings. The molecule has 7 nitrogen and oxygen atoms in total. The average molecular weight is 402 g/mol. The van der Waals surface area contributed by atoms with Crippen LogP contribution in [-0.4, -0.2) is 45.5 Å². The maximum absolute atomic E-state index is 10.8. The van der Waals surface area contributed by atoms with Gasteiger partial charge in [0.05, 0.1) is 34.4 Å². The third-order valence-corrected chi connectivity index (χ3v) is 4.48. The van der Waals surface area contributed by atoms with Gasteiger partial charge in [0, 0.05) is 6.54 Å². The van der Waals surface area contributed by atoms with Gasteiger partial charge in [-0.05, 0) is 37.1 Å². The molecule has 0 aliphatic carbocycles. The van der Waals surface area contributed by atoms with Crippen molar-refractivity contribution in [2.24, 2.45) is 4.99 Å². The van der Waals surface area contributed by atoms with Crippen molar-refractivity contribution < 1.29 is 19.3 Å². The number of nitrogens with zero attached hydrogens (tertiary/aromatic N) is 1. The Morgan fingerprint density at radius 1 is 1.00 bits per heavy atom. The molecule has 1 atom stereocenters. The quantitative estimate of drug-likeness (QED) is 0.443. The molecule has 2 rings (SSSR count). The maximum Gasteiger partial charge on any atom is 0.203 e. The molecule has 2 aromatic carbocycles. The Morgan fingerprint density at radius 3 is 2.14 bits per heavy atom. The van der Waals surface area contributed by atoms with Crippen molar-refractivity contribution >= 4 is 5.96 Å². The molecule has 0 aromatic heterocycles. The first kappa shape index (κ1) is 22.4. The number of aliphatic hydroxyl groups is 1. The van der Waals surface area contributed by atoms with Gasteiger partial charge in [-0.2, -0.15) is 0 Å². The van der Waals surface area contributed by atoms with Gasteiger partial charge in [-0.25, -0.2) is 4.99 Å². The molecule has 1 unspecified atom stereocenters. The number of nitrogens with one attached hydrogen (secondary N) is 2. The fourth-order valence-corrected chi connectivity index (χ4v) is 2.89. The van der Waals surface area contributed by atoms with E-state index in [1.54, 1.807) is 28.3 Å². The molecular formula is C22H31N3O4. The summed E-state index contributed by atoms with van der Waals surface area (Å²) >= 11 is 0. The number of guanidine groups is 1. The van der Waals surface area contributed by atoms with Crippen molar-refractivity contribution in [2.45, 2.75) is 26.0 Å². The highest BCUT2D eigenvalue weighted by molar-refractivity contribution is 5.79. The topological polar surface area (TPSA) is 84.3 Å². The van der Waals surface area contributed by atoms with Gasteiger partial charge in [0.1, 0.15) is 5.60 Å². The van der Waals surface area contributed by atoms with Crippen molar-refractivity contribution in [2.75, 3.05) is 34.4 Å². The molecule has 0 saturated heterocycles. The number of ether oxygens (including phenoxy) is 3. The molecule has 0 saturated carbocycles. The van der Waals surface area contributed by atoms with Crippen LogP contribution >= 0.6 is 0 Å². The van der Waals surface area contributed by atoms with E-state index in [2.05, 4.69) is 15.6 Å². The van der Waals surface area contributed by atoms with Crippen molar-refractivity contribution in [3.63, 3.8) is 0 Å². The van der Waals surface area contributed by atoms with Crippen molar-refractivity contribution in [1.82, 2.24) is 10.6 Å². The zero-order valence-electron chi connectivity index (χ0n) is 17.8. The van der Waals surface area contributed by atoms with Crippen molar-refractivity contribution in [3.8, 4) is 17.2 Å². The van der Waals surface area contributed by atoms with Crippen LogP contribution in [0.5, 0.6) is 17.2 Å². The van der Waals surface area contributed by atoms with Crippen LogP contribution in [0, 0.1) is 0 Å². The van der Waals surface area contributed by atoms with Gasteiger partial charge in [-0.15, -0.1) is 0 Å². The van der Waals surface area contributed by atoms with E-state index in [1.165, 1.54) is 0 Å². The van der Waals surface area contributed by atoms with Crippen LogP contribution in [0.15, 0.2) is 47.5 Å². The fourth-order valence-electron chi connectivity index (χ4n) is 2.89. The predicted molar refractivity (Wildman–Crippen MR) is 115 cm³/mol. The van der Waals surface area contributed by atoms with Gasteiger partial charge in [-0.1, -0.05) is 30.3 Å². The summed E-state index contributed by atoms with van der Waals surface area (Å²) in [5.41, 5.74) is 0.726. The van der Waals surface area contributed by atoms with E-state index in [0.29, 0.717) is 42.8 Å². The Hall–Kier alpha value is -2.93. The molecule has 0 aliphatic rings. The van der Waals surface area contributed by atoms with E-state index in [-0.39, 0.29) is 0 Å². The van der Waals surface area contributed by atoms with Gasteiger partial charge < -0.3 is 30.0 Å². The molecule has 0 bridgehead atoms. The normalized spacial score (nSPS) is 13.4. The maximum atomic E-state index is 10.8. The first-order valence-corrected chi connectivity index (χ1v) is 9.54. The first-order valence-electron chi connectivity index (χ1n) is 9.54. The predicted octanol–water partition coefficient (Wildman–Crippen LogP) is 2.68. The molecule has 29 heavy (non-hydrogen) atoms. The van der Waals surface area contributed by atoms with E-state index in [0.717, 1.165) is 11.1 Å². The van der Waals surface area contributed by atoms with Crippen molar-refractivity contribution in [1.29, 1.82) is 0 Å². The molecule has 158 valence electrons. The summed E-state index contributed by atoms with van der Waals surface area (Å²) in [7, 11) is 4.74. The summed E-state index contributed by atoms with van der Waals surface area (Å²) in [5, 5.41) is 17.2. The Bertz CT molecular complexity index is 782. The summed E-state index contributed by atoms with van der Waals surface area (Å²) < 4.78 is 16.2. The van der Waals surface area contributed by atoms with E-state index >= 15 is 0 Å². The highest BCUT2D eigenvalue weighted by atomic mass is 16.5. The molecular weight excluding hydrogens is 370 g/mol. The van der Waals surface area contributed by atoms with E-state index < -0.39 is 5.60 Å². The second-order valence-electron chi connectivity index (χ2n) is 6.72. The van der Waals surface area contributed by atoms with Crippen molar-refractivity contribution in [3.05, 3.63) is 53.6 Å². The Labute approximate surface area is 172 Å². The van der Waals surface area contributed by atoms with Crippen LogP contribution in [0.1, 0.15) is 25.0 Å². The smallest absolute Gasteiger partial charge is 0.203 e. The van der Waals surface area contributed by atoms with E-state index in [4.69, 9.17) is 14.2 Å². The van der Waals surface area contributed by atoms with Crippen LogP contribution in [0.25, 0.3) is 0 Å². The van der Waals surface area contributed by atoms with Gasteiger partial charge in [0.15, 0.2) is 17.5 Å². The average Bonchev–Trinajstić information content (AvgIpc) is 2.75. The molecule has 0 aliphatic heterocycles. The minimum absolute atomic E-state index is 0.318. The lowest BCUT2D eigenvalue weighted by molar-refractivity contribution is 0.0617. The van der Waals surface area contributed by atoms with Crippen LogP contribution in [0.3, 0.4) is 0 Å².